The number of alkyl halides is 3. The average molecular weight is 208 g/mol. The van der Waals surface area contributed by atoms with Crippen molar-refractivity contribution in [2.45, 2.75) is 11.8 Å². The van der Waals surface area contributed by atoms with Crippen LogP contribution in [0.5, 0.6) is 0 Å². The molecule has 1 heterocycles. The fourth-order valence-electron chi connectivity index (χ4n) is 1.15. The minimum atomic E-state index is -4.76. The van der Waals surface area contributed by atoms with Crippen molar-refractivity contribution < 1.29 is 18.3 Å². The summed E-state index contributed by atoms with van der Waals surface area (Å²) in [5, 5.41) is 9.38. The lowest BCUT2D eigenvalue weighted by Gasteiger charge is -2.28. The van der Waals surface area contributed by atoms with E-state index in [1.165, 1.54) is 23.0 Å². The van der Waals surface area contributed by atoms with E-state index in [2.05, 4.69) is 0 Å². The van der Waals surface area contributed by atoms with Crippen molar-refractivity contribution in [3.05, 3.63) is 24.0 Å². The van der Waals surface area contributed by atoms with Gasteiger partial charge in [0.05, 0.1) is 0 Å². The Morgan fingerprint density at radius 2 is 2.07 bits per heavy atom. The van der Waals surface area contributed by atoms with Crippen LogP contribution in [0.1, 0.15) is 5.56 Å². The zero-order valence-electron chi connectivity index (χ0n) is 7.54. The van der Waals surface area contributed by atoms with E-state index >= 15 is 0 Å². The first kappa shape index (κ1) is 11.1. The maximum Gasteiger partial charge on any atom is 0.422 e. The molecular weight excluding hydrogens is 197 g/mol. The molecule has 0 bridgehead atoms. The van der Waals surface area contributed by atoms with Crippen molar-refractivity contribution in [1.29, 1.82) is 0 Å². The number of aryl methyl sites for hydroxylation is 1. The van der Waals surface area contributed by atoms with E-state index in [4.69, 9.17) is 5.73 Å². The van der Waals surface area contributed by atoms with Gasteiger partial charge in [-0.1, -0.05) is 0 Å². The standard InChI is InChI=1S/C8H11F3N2O/c1-13-3-2-6(4-13)7(14,5-12)8(9,10)11/h2-4,14H,5,12H2,1H3. The molecule has 0 aliphatic heterocycles. The highest BCUT2D eigenvalue weighted by molar-refractivity contribution is 5.22. The topological polar surface area (TPSA) is 51.2 Å². The molecule has 3 nitrogen and oxygen atoms in total. The Labute approximate surface area is 78.9 Å². The van der Waals surface area contributed by atoms with Crippen molar-refractivity contribution >= 4 is 0 Å². The highest BCUT2D eigenvalue weighted by Gasteiger charge is 2.54. The highest BCUT2D eigenvalue weighted by Crippen LogP contribution is 2.37. The lowest BCUT2D eigenvalue weighted by Crippen LogP contribution is -2.48. The van der Waals surface area contributed by atoms with Crippen LogP contribution in [-0.2, 0) is 12.6 Å². The van der Waals surface area contributed by atoms with Crippen LogP contribution in [0.2, 0.25) is 0 Å². The van der Waals surface area contributed by atoms with Gasteiger partial charge >= 0.3 is 6.18 Å². The third kappa shape index (κ3) is 1.62. The van der Waals surface area contributed by atoms with Gasteiger partial charge in [-0.05, 0) is 6.07 Å². The van der Waals surface area contributed by atoms with E-state index in [9.17, 15) is 18.3 Å². The molecular formula is C8H11F3N2O. The lowest BCUT2D eigenvalue weighted by atomic mass is 9.96. The van der Waals surface area contributed by atoms with Gasteiger partial charge in [-0.2, -0.15) is 13.2 Å². The quantitative estimate of drug-likeness (QED) is 0.752. The number of aromatic nitrogens is 1. The molecule has 3 N–H and O–H groups in total. The van der Waals surface area contributed by atoms with Gasteiger partial charge in [0, 0.05) is 31.5 Å². The second kappa shape index (κ2) is 3.29. The lowest BCUT2D eigenvalue weighted by molar-refractivity contribution is -0.262. The Balaban J connectivity index is 3.14. The number of aliphatic hydroxyl groups is 1. The molecule has 0 fully saturated rings. The van der Waals surface area contributed by atoms with Gasteiger partial charge in [0.15, 0.2) is 5.60 Å². The molecule has 1 rings (SSSR count). The largest absolute Gasteiger partial charge is 0.422 e. The molecule has 0 aliphatic rings. The van der Waals surface area contributed by atoms with Gasteiger partial charge in [-0.15, -0.1) is 0 Å². The zero-order valence-corrected chi connectivity index (χ0v) is 7.54. The van der Waals surface area contributed by atoms with Crippen LogP contribution >= 0.6 is 0 Å². The van der Waals surface area contributed by atoms with Crippen molar-refractivity contribution in [3.63, 3.8) is 0 Å². The smallest absolute Gasteiger partial charge is 0.375 e. The summed E-state index contributed by atoms with van der Waals surface area (Å²) in [6.07, 6.45) is -2.15. The Morgan fingerprint density at radius 1 is 1.50 bits per heavy atom. The predicted molar refractivity (Wildman–Crippen MR) is 44.4 cm³/mol. The number of hydrogen-bond donors (Lipinski definition) is 2. The van der Waals surface area contributed by atoms with Gasteiger partial charge in [0.2, 0.25) is 0 Å². The van der Waals surface area contributed by atoms with E-state index in [-0.39, 0.29) is 5.56 Å². The van der Waals surface area contributed by atoms with E-state index in [1.54, 1.807) is 7.05 Å². The van der Waals surface area contributed by atoms with Crippen molar-refractivity contribution in [2.75, 3.05) is 6.54 Å². The fraction of sp³-hybridized carbons (Fsp3) is 0.500. The van der Waals surface area contributed by atoms with E-state index < -0.39 is 18.3 Å². The van der Waals surface area contributed by atoms with Crippen LogP contribution in [-0.4, -0.2) is 22.4 Å². The SMILES string of the molecule is Cn1ccc(C(O)(CN)C(F)(F)F)c1. The number of nitrogens with two attached hydrogens (primary N) is 1. The van der Waals surface area contributed by atoms with Crippen LogP contribution in [0.25, 0.3) is 0 Å². The maximum absolute atomic E-state index is 12.5. The summed E-state index contributed by atoms with van der Waals surface area (Å²) in [6.45, 7) is -0.888. The Hall–Kier alpha value is -1.01. The Bertz CT molecular complexity index is 321. The molecule has 0 spiro atoms. The molecule has 1 aromatic rings. The van der Waals surface area contributed by atoms with Gasteiger partial charge < -0.3 is 15.4 Å². The fourth-order valence-corrected chi connectivity index (χ4v) is 1.15. The Kier molecular flexibility index (Phi) is 2.60. The average Bonchev–Trinajstić information content (AvgIpc) is 2.48. The van der Waals surface area contributed by atoms with Crippen molar-refractivity contribution in [2.24, 2.45) is 12.8 Å². The van der Waals surface area contributed by atoms with Crippen molar-refractivity contribution in [1.82, 2.24) is 4.57 Å². The molecule has 6 heteroatoms. The molecule has 14 heavy (non-hydrogen) atoms. The second-order valence-electron chi connectivity index (χ2n) is 3.13. The second-order valence-corrected chi connectivity index (χ2v) is 3.13. The maximum atomic E-state index is 12.5. The van der Waals surface area contributed by atoms with Crippen LogP contribution in [0.4, 0.5) is 13.2 Å². The van der Waals surface area contributed by atoms with Crippen LogP contribution < -0.4 is 5.73 Å². The molecule has 0 radical (unpaired) electrons. The first-order valence-electron chi connectivity index (χ1n) is 3.93. The van der Waals surface area contributed by atoms with Gasteiger partial charge in [0.1, 0.15) is 0 Å². The van der Waals surface area contributed by atoms with Crippen LogP contribution in [0.3, 0.4) is 0 Å². The molecule has 0 amide bonds. The van der Waals surface area contributed by atoms with Gasteiger partial charge in [0.25, 0.3) is 0 Å². The monoisotopic (exact) mass is 208 g/mol. The third-order valence-corrected chi connectivity index (χ3v) is 2.07. The van der Waals surface area contributed by atoms with E-state index in [1.807, 2.05) is 0 Å². The number of halogens is 3. The summed E-state index contributed by atoms with van der Waals surface area (Å²) in [4.78, 5) is 0. The molecule has 0 aromatic carbocycles. The number of hydrogen-bond acceptors (Lipinski definition) is 2. The summed E-state index contributed by atoms with van der Waals surface area (Å²) in [7, 11) is 1.57. The normalized spacial score (nSPS) is 16.7. The third-order valence-electron chi connectivity index (χ3n) is 2.07. The van der Waals surface area contributed by atoms with Crippen LogP contribution in [0, 0.1) is 0 Å². The predicted octanol–water partition coefficient (Wildman–Crippen LogP) is 0.734. The summed E-state index contributed by atoms with van der Waals surface area (Å²) < 4.78 is 38.8. The number of rotatable bonds is 2. The molecule has 1 atom stereocenters. The summed E-state index contributed by atoms with van der Waals surface area (Å²) in [5.74, 6) is 0. The van der Waals surface area contributed by atoms with E-state index in [0.29, 0.717) is 0 Å². The summed E-state index contributed by atoms with van der Waals surface area (Å²) in [6, 6.07) is 1.19. The number of nitrogens with zero attached hydrogens (tertiary/aromatic N) is 1. The molecule has 0 aliphatic carbocycles. The summed E-state index contributed by atoms with van der Waals surface area (Å²) >= 11 is 0. The minimum absolute atomic E-state index is 0.241. The minimum Gasteiger partial charge on any atom is -0.375 e. The zero-order chi connectivity index (χ0) is 11.0. The summed E-state index contributed by atoms with van der Waals surface area (Å²) in [5.41, 5.74) is 1.76. The first-order chi connectivity index (χ1) is 6.31. The van der Waals surface area contributed by atoms with Gasteiger partial charge in [-0.3, -0.25) is 0 Å². The molecule has 1 aromatic heterocycles. The molecule has 0 saturated heterocycles. The van der Waals surface area contributed by atoms with Crippen LogP contribution in [0.15, 0.2) is 18.5 Å². The highest BCUT2D eigenvalue weighted by atomic mass is 19.4. The first-order valence-corrected chi connectivity index (χ1v) is 3.93. The molecule has 1 unspecified atom stereocenters. The Morgan fingerprint density at radius 3 is 2.36 bits per heavy atom. The van der Waals surface area contributed by atoms with Crippen molar-refractivity contribution in [3.8, 4) is 0 Å². The van der Waals surface area contributed by atoms with Gasteiger partial charge in [-0.25, -0.2) is 0 Å². The molecule has 80 valence electrons. The van der Waals surface area contributed by atoms with E-state index in [0.717, 1.165) is 0 Å². The molecule has 0 saturated carbocycles.